The molecule has 0 saturated heterocycles. The lowest BCUT2D eigenvalue weighted by Crippen LogP contribution is -2.36. The number of halogens is 1. The van der Waals surface area contributed by atoms with E-state index in [1.54, 1.807) is 18.4 Å². The highest BCUT2D eigenvalue weighted by molar-refractivity contribution is 14.0. The van der Waals surface area contributed by atoms with Crippen LogP contribution in [0.4, 0.5) is 0 Å². The van der Waals surface area contributed by atoms with Gasteiger partial charge < -0.3 is 16.0 Å². The topological polar surface area (TPSA) is 78.4 Å². The van der Waals surface area contributed by atoms with Crippen molar-refractivity contribution in [1.29, 1.82) is 0 Å². The number of aliphatic imine (C=N–C) groups is 1. The van der Waals surface area contributed by atoms with Crippen LogP contribution in [-0.2, 0) is 13.1 Å². The molecule has 0 radical (unpaired) electrons. The molecule has 2 rings (SSSR count). The summed E-state index contributed by atoms with van der Waals surface area (Å²) in [5.41, 5.74) is 1.75. The molecule has 25 heavy (non-hydrogen) atoms. The highest BCUT2D eigenvalue weighted by atomic mass is 127. The summed E-state index contributed by atoms with van der Waals surface area (Å²) in [5, 5.41) is 10.3. The fraction of sp³-hybridized carbons (Fsp3) is 0.353. The predicted molar refractivity (Wildman–Crippen MR) is 114 cm³/mol. The highest BCUT2D eigenvalue weighted by Gasteiger charge is 2.05. The Labute approximate surface area is 169 Å². The van der Waals surface area contributed by atoms with Gasteiger partial charge in [-0.15, -0.1) is 35.3 Å². The summed E-state index contributed by atoms with van der Waals surface area (Å²) in [6.45, 7) is 5.85. The molecular formula is C17H24IN5OS. The van der Waals surface area contributed by atoms with Crippen molar-refractivity contribution in [3.63, 3.8) is 0 Å². The van der Waals surface area contributed by atoms with Crippen LogP contribution >= 0.6 is 35.3 Å². The number of aryl methyl sites for hydroxylation is 1. The molecule has 0 unspecified atom stereocenters. The average Bonchev–Trinajstić information content (AvgIpc) is 3.01. The first-order valence-electron chi connectivity index (χ1n) is 7.85. The number of carbonyl (C=O) groups is 1. The Morgan fingerprint density at radius 2 is 1.84 bits per heavy atom. The molecule has 1 aromatic carbocycles. The third-order valence-corrected chi connectivity index (χ3v) is 4.23. The van der Waals surface area contributed by atoms with Crippen LogP contribution < -0.4 is 16.0 Å². The van der Waals surface area contributed by atoms with Gasteiger partial charge in [-0.1, -0.05) is 12.1 Å². The number of aromatic nitrogens is 1. The molecule has 0 aliphatic heterocycles. The molecule has 0 bridgehead atoms. The molecule has 8 heteroatoms. The van der Waals surface area contributed by atoms with Crippen LogP contribution in [-0.4, -0.2) is 30.4 Å². The Balaban J connectivity index is 0.00000312. The van der Waals surface area contributed by atoms with Crippen molar-refractivity contribution in [2.75, 3.05) is 13.6 Å². The molecule has 6 nitrogen and oxygen atoms in total. The minimum absolute atomic E-state index is 0. The van der Waals surface area contributed by atoms with Crippen LogP contribution in [0.1, 0.15) is 32.7 Å². The maximum Gasteiger partial charge on any atom is 0.251 e. The van der Waals surface area contributed by atoms with Gasteiger partial charge in [-0.25, -0.2) is 4.98 Å². The summed E-state index contributed by atoms with van der Waals surface area (Å²) in [5.74, 6) is 0.670. The van der Waals surface area contributed by atoms with Crippen LogP contribution in [0.2, 0.25) is 0 Å². The molecule has 1 aromatic heterocycles. The first kappa shape index (κ1) is 21.4. The molecule has 2 aromatic rings. The second kappa shape index (κ2) is 11.0. The zero-order valence-corrected chi connectivity index (χ0v) is 17.8. The van der Waals surface area contributed by atoms with E-state index in [0.717, 1.165) is 16.5 Å². The molecule has 0 spiro atoms. The monoisotopic (exact) mass is 473 g/mol. The number of carbonyl (C=O) groups excluding carboxylic acids is 1. The molecule has 1 heterocycles. The maximum atomic E-state index is 11.7. The van der Waals surface area contributed by atoms with Crippen molar-refractivity contribution in [2.24, 2.45) is 4.99 Å². The number of guanidine groups is 1. The summed E-state index contributed by atoms with van der Waals surface area (Å²) in [6, 6.07) is 7.54. The normalized spacial score (nSPS) is 10.8. The second-order valence-corrected chi connectivity index (χ2v) is 6.52. The first-order chi connectivity index (χ1) is 11.6. The van der Waals surface area contributed by atoms with Gasteiger partial charge >= 0.3 is 0 Å². The van der Waals surface area contributed by atoms with Gasteiger partial charge in [0, 0.05) is 36.8 Å². The number of hydrogen-bond donors (Lipinski definition) is 3. The van der Waals surface area contributed by atoms with Gasteiger partial charge in [-0.3, -0.25) is 9.79 Å². The Kier molecular flexibility index (Phi) is 9.43. The fourth-order valence-electron chi connectivity index (χ4n) is 2.09. The molecule has 0 aliphatic rings. The van der Waals surface area contributed by atoms with E-state index in [-0.39, 0.29) is 29.9 Å². The van der Waals surface area contributed by atoms with E-state index in [4.69, 9.17) is 0 Å². The number of benzene rings is 1. The standard InChI is InChI=1S/C17H23N5OS.HI/c1-4-19-16(23)14-7-5-13(6-8-14)10-21-17(18-3)22-11-15-20-9-12(2)24-15;/h5-9H,4,10-11H2,1-3H3,(H,19,23)(H2,18,21,22);1H. The maximum absolute atomic E-state index is 11.7. The molecule has 136 valence electrons. The summed E-state index contributed by atoms with van der Waals surface area (Å²) in [6.07, 6.45) is 1.87. The lowest BCUT2D eigenvalue weighted by molar-refractivity contribution is 0.0956. The van der Waals surface area contributed by atoms with Crippen molar-refractivity contribution >= 4 is 47.2 Å². The summed E-state index contributed by atoms with van der Waals surface area (Å²) in [4.78, 5) is 21.4. The van der Waals surface area contributed by atoms with Crippen molar-refractivity contribution < 1.29 is 4.79 Å². The largest absolute Gasteiger partial charge is 0.352 e. The zero-order chi connectivity index (χ0) is 17.4. The Morgan fingerprint density at radius 3 is 2.40 bits per heavy atom. The lowest BCUT2D eigenvalue weighted by atomic mass is 10.1. The van der Waals surface area contributed by atoms with E-state index in [1.807, 2.05) is 44.3 Å². The number of nitrogens with one attached hydrogen (secondary N) is 3. The van der Waals surface area contributed by atoms with Crippen LogP contribution in [0.3, 0.4) is 0 Å². The summed E-state index contributed by atoms with van der Waals surface area (Å²) in [7, 11) is 1.74. The smallest absolute Gasteiger partial charge is 0.251 e. The van der Waals surface area contributed by atoms with Crippen molar-refractivity contribution in [1.82, 2.24) is 20.9 Å². The average molecular weight is 473 g/mol. The van der Waals surface area contributed by atoms with Gasteiger partial charge in [0.05, 0.1) is 6.54 Å². The fourth-order valence-corrected chi connectivity index (χ4v) is 2.81. The molecule has 0 atom stereocenters. The molecule has 0 saturated carbocycles. The molecule has 1 amide bonds. The number of rotatable bonds is 6. The van der Waals surface area contributed by atoms with Gasteiger partial charge in [0.2, 0.25) is 0 Å². The van der Waals surface area contributed by atoms with Gasteiger partial charge in [0.15, 0.2) is 5.96 Å². The van der Waals surface area contributed by atoms with Crippen LogP contribution in [0.25, 0.3) is 0 Å². The van der Waals surface area contributed by atoms with Gasteiger partial charge in [0.25, 0.3) is 5.91 Å². The first-order valence-corrected chi connectivity index (χ1v) is 8.67. The van der Waals surface area contributed by atoms with Gasteiger partial charge in [-0.05, 0) is 31.5 Å². The molecule has 0 fully saturated rings. The van der Waals surface area contributed by atoms with E-state index >= 15 is 0 Å². The molecule has 3 N–H and O–H groups in total. The summed E-state index contributed by atoms with van der Waals surface area (Å²) < 4.78 is 0. The van der Waals surface area contributed by atoms with Crippen LogP contribution in [0.15, 0.2) is 35.5 Å². The molecule has 0 aliphatic carbocycles. The number of hydrogen-bond acceptors (Lipinski definition) is 4. The summed E-state index contributed by atoms with van der Waals surface area (Å²) >= 11 is 1.67. The third kappa shape index (κ3) is 6.99. The number of thiazole rings is 1. The van der Waals surface area contributed by atoms with E-state index in [1.165, 1.54) is 4.88 Å². The van der Waals surface area contributed by atoms with Gasteiger partial charge in [0.1, 0.15) is 5.01 Å². The Morgan fingerprint density at radius 1 is 1.16 bits per heavy atom. The van der Waals surface area contributed by atoms with Gasteiger partial charge in [-0.2, -0.15) is 0 Å². The second-order valence-electron chi connectivity index (χ2n) is 5.20. The number of amides is 1. The minimum Gasteiger partial charge on any atom is -0.352 e. The van der Waals surface area contributed by atoms with Crippen molar-refractivity contribution in [3.8, 4) is 0 Å². The van der Waals surface area contributed by atoms with Crippen molar-refractivity contribution in [2.45, 2.75) is 26.9 Å². The van der Waals surface area contributed by atoms with E-state index in [0.29, 0.717) is 25.2 Å². The Bertz CT molecular complexity index is 699. The Hall–Kier alpha value is -1.68. The van der Waals surface area contributed by atoms with Crippen LogP contribution in [0.5, 0.6) is 0 Å². The minimum atomic E-state index is -0.0479. The van der Waals surface area contributed by atoms with E-state index in [9.17, 15) is 4.79 Å². The predicted octanol–water partition coefficient (Wildman–Crippen LogP) is 2.68. The van der Waals surface area contributed by atoms with Crippen molar-refractivity contribution in [3.05, 3.63) is 51.5 Å². The van der Waals surface area contributed by atoms with Crippen LogP contribution in [0, 0.1) is 6.92 Å². The lowest BCUT2D eigenvalue weighted by Gasteiger charge is -2.11. The van der Waals surface area contributed by atoms with E-state index in [2.05, 4.69) is 25.9 Å². The highest BCUT2D eigenvalue weighted by Crippen LogP contribution is 2.10. The SMILES string of the molecule is CCNC(=O)c1ccc(CNC(=NC)NCc2ncc(C)s2)cc1.I. The number of nitrogens with zero attached hydrogens (tertiary/aromatic N) is 2. The third-order valence-electron chi connectivity index (χ3n) is 3.31. The van der Waals surface area contributed by atoms with E-state index < -0.39 is 0 Å². The molecular weight excluding hydrogens is 449 g/mol. The zero-order valence-electron chi connectivity index (χ0n) is 14.6. The quantitative estimate of drug-likeness (QED) is 0.343.